The van der Waals surface area contributed by atoms with Crippen LogP contribution in [0.5, 0.6) is 11.5 Å². The number of rotatable bonds is 7. The normalized spacial score (nSPS) is 10.7. The number of halogens is 2. The molecule has 1 amide bonds. The number of amides is 1. The Morgan fingerprint density at radius 3 is 2.63 bits per heavy atom. The summed E-state index contributed by atoms with van der Waals surface area (Å²) >= 11 is 0. The number of nitrogens with one attached hydrogen (secondary N) is 1. The lowest BCUT2D eigenvalue weighted by Crippen LogP contribution is -2.15. The Morgan fingerprint density at radius 2 is 1.93 bits per heavy atom. The van der Waals surface area contributed by atoms with Gasteiger partial charge in [-0.1, -0.05) is 18.2 Å². The lowest BCUT2D eigenvalue weighted by Gasteiger charge is -2.10. The minimum absolute atomic E-state index is 0.0304. The maximum Gasteiger partial charge on any atom is 0.387 e. The fourth-order valence-electron chi connectivity index (χ4n) is 2.35. The second kappa shape index (κ2) is 8.31. The van der Waals surface area contributed by atoms with Gasteiger partial charge < -0.3 is 14.8 Å². The lowest BCUT2D eigenvalue weighted by atomic mass is 10.2. The molecule has 8 heteroatoms. The molecule has 0 spiro atoms. The Hall–Kier alpha value is -3.42. The third-order valence-electron chi connectivity index (χ3n) is 3.65. The maximum absolute atomic E-state index is 12.3. The van der Waals surface area contributed by atoms with E-state index in [9.17, 15) is 13.6 Å². The van der Waals surface area contributed by atoms with Gasteiger partial charge in [-0.05, 0) is 48.9 Å². The molecule has 0 bridgehead atoms. The number of hydrogen-bond acceptors (Lipinski definition) is 4. The third-order valence-corrected chi connectivity index (χ3v) is 3.65. The van der Waals surface area contributed by atoms with E-state index in [2.05, 4.69) is 15.2 Å². The number of benzene rings is 2. The molecule has 0 aliphatic heterocycles. The largest absolute Gasteiger partial charge is 0.471 e. The lowest BCUT2D eigenvalue weighted by molar-refractivity contribution is -0.0498. The predicted octanol–water partition coefficient (Wildman–Crippen LogP) is 4.08. The smallest absolute Gasteiger partial charge is 0.387 e. The SMILES string of the molecule is Cc1cc(OC(F)F)ccc1NC(=O)c1ccn(COc2ccccc2)n1. The van der Waals surface area contributed by atoms with Crippen molar-refractivity contribution in [2.24, 2.45) is 0 Å². The highest BCUT2D eigenvalue weighted by molar-refractivity contribution is 6.03. The Bertz CT molecular complexity index is 914. The van der Waals surface area contributed by atoms with E-state index in [0.29, 0.717) is 17.0 Å². The number of anilines is 1. The summed E-state index contributed by atoms with van der Waals surface area (Å²) in [5, 5.41) is 6.86. The van der Waals surface area contributed by atoms with Gasteiger partial charge in [0.15, 0.2) is 12.4 Å². The average Bonchev–Trinajstić information content (AvgIpc) is 3.12. The number of hydrogen-bond donors (Lipinski definition) is 1. The van der Waals surface area contributed by atoms with Gasteiger partial charge in [-0.2, -0.15) is 13.9 Å². The molecule has 3 aromatic rings. The third kappa shape index (κ3) is 5.04. The molecule has 0 radical (unpaired) electrons. The molecule has 2 aromatic carbocycles. The number of nitrogens with zero attached hydrogens (tertiary/aromatic N) is 2. The van der Waals surface area contributed by atoms with Crippen molar-refractivity contribution in [2.45, 2.75) is 20.3 Å². The van der Waals surface area contributed by atoms with Crippen molar-refractivity contribution in [3.63, 3.8) is 0 Å². The number of carbonyl (C=O) groups is 1. The van der Waals surface area contributed by atoms with Crippen LogP contribution in [-0.4, -0.2) is 22.3 Å². The highest BCUT2D eigenvalue weighted by atomic mass is 19.3. The van der Waals surface area contributed by atoms with E-state index in [1.807, 2.05) is 30.3 Å². The number of aromatic nitrogens is 2. The first kappa shape index (κ1) is 18.4. The number of alkyl halides is 2. The van der Waals surface area contributed by atoms with Crippen LogP contribution in [0.15, 0.2) is 60.8 Å². The van der Waals surface area contributed by atoms with E-state index in [4.69, 9.17) is 4.74 Å². The van der Waals surface area contributed by atoms with Crippen LogP contribution in [0.25, 0.3) is 0 Å². The molecular formula is C19H17F2N3O3. The fourth-order valence-corrected chi connectivity index (χ4v) is 2.35. The van der Waals surface area contributed by atoms with Crippen LogP contribution < -0.4 is 14.8 Å². The summed E-state index contributed by atoms with van der Waals surface area (Å²) in [6.45, 7) is -1.05. The van der Waals surface area contributed by atoms with Crippen molar-refractivity contribution >= 4 is 11.6 Å². The Morgan fingerprint density at radius 1 is 1.15 bits per heavy atom. The van der Waals surface area contributed by atoms with Gasteiger partial charge in [-0.25, -0.2) is 4.68 Å². The van der Waals surface area contributed by atoms with Gasteiger partial charge in [0.1, 0.15) is 11.5 Å². The first-order valence-corrected chi connectivity index (χ1v) is 8.09. The minimum atomic E-state index is -2.90. The van der Waals surface area contributed by atoms with Crippen LogP contribution in [-0.2, 0) is 6.73 Å². The molecule has 140 valence electrons. The van der Waals surface area contributed by atoms with Crippen molar-refractivity contribution in [1.29, 1.82) is 0 Å². The van der Waals surface area contributed by atoms with Crippen molar-refractivity contribution in [3.8, 4) is 11.5 Å². The summed E-state index contributed by atoms with van der Waals surface area (Å²) in [6.07, 6.45) is 1.63. The molecule has 0 atom stereocenters. The topological polar surface area (TPSA) is 65.4 Å². The number of aryl methyl sites for hydroxylation is 1. The highest BCUT2D eigenvalue weighted by Gasteiger charge is 2.12. The van der Waals surface area contributed by atoms with E-state index in [1.54, 1.807) is 19.2 Å². The van der Waals surface area contributed by atoms with Crippen LogP contribution in [0, 0.1) is 6.92 Å². The first-order chi connectivity index (χ1) is 13.0. The van der Waals surface area contributed by atoms with E-state index in [1.165, 1.54) is 22.9 Å². The van der Waals surface area contributed by atoms with Crippen molar-refractivity contribution < 1.29 is 23.0 Å². The zero-order chi connectivity index (χ0) is 19.2. The fraction of sp³-hybridized carbons (Fsp3) is 0.158. The van der Waals surface area contributed by atoms with E-state index < -0.39 is 12.5 Å². The number of ether oxygens (including phenoxy) is 2. The number of carbonyl (C=O) groups excluding carboxylic acids is 1. The summed E-state index contributed by atoms with van der Waals surface area (Å²) in [7, 11) is 0. The van der Waals surface area contributed by atoms with Gasteiger partial charge >= 0.3 is 6.61 Å². The van der Waals surface area contributed by atoms with Gasteiger partial charge in [0.25, 0.3) is 5.91 Å². The molecule has 6 nitrogen and oxygen atoms in total. The molecule has 0 unspecified atom stereocenters. The minimum Gasteiger partial charge on any atom is -0.471 e. The van der Waals surface area contributed by atoms with E-state index in [0.717, 1.165) is 0 Å². The standard InChI is InChI=1S/C19H17F2N3O3/c1-13-11-15(27-19(20)21)7-8-16(13)22-18(25)17-9-10-24(23-17)12-26-14-5-3-2-4-6-14/h2-11,19H,12H2,1H3,(H,22,25). The Labute approximate surface area is 154 Å². The quantitative estimate of drug-likeness (QED) is 0.678. The number of para-hydroxylation sites is 1. The van der Waals surface area contributed by atoms with Crippen LogP contribution >= 0.6 is 0 Å². The molecule has 0 aliphatic carbocycles. The van der Waals surface area contributed by atoms with Crippen molar-refractivity contribution in [2.75, 3.05) is 5.32 Å². The molecule has 1 N–H and O–H groups in total. The predicted molar refractivity (Wildman–Crippen MR) is 95.1 cm³/mol. The molecule has 0 saturated carbocycles. The van der Waals surface area contributed by atoms with Crippen LogP contribution in [0.1, 0.15) is 16.1 Å². The molecule has 1 heterocycles. The summed E-state index contributed by atoms with van der Waals surface area (Å²) < 4.78 is 35.9. The summed E-state index contributed by atoms with van der Waals surface area (Å²) in [5.41, 5.74) is 1.28. The summed E-state index contributed by atoms with van der Waals surface area (Å²) in [4.78, 5) is 12.3. The Balaban J connectivity index is 1.61. The van der Waals surface area contributed by atoms with Crippen molar-refractivity contribution in [1.82, 2.24) is 9.78 Å². The van der Waals surface area contributed by atoms with Gasteiger partial charge in [0, 0.05) is 11.9 Å². The molecule has 1 aromatic heterocycles. The van der Waals surface area contributed by atoms with Crippen LogP contribution in [0.2, 0.25) is 0 Å². The molecular weight excluding hydrogens is 356 g/mol. The zero-order valence-electron chi connectivity index (χ0n) is 14.4. The average molecular weight is 373 g/mol. The highest BCUT2D eigenvalue weighted by Crippen LogP contribution is 2.23. The summed E-state index contributed by atoms with van der Waals surface area (Å²) in [6, 6.07) is 15.1. The van der Waals surface area contributed by atoms with Gasteiger partial charge in [0.05, 0.1) is 0 Å². The van der Waals surface area contributed by atoms with Gasteiger partial charge in [0.2, 0.25) is 0 Å². The van der Waals surface area contributed by atoms with E-state index >= 15 is 0 Å². The Kier molecular flexibility index (Phi) is 5.65. The second-order valence-corrected chi connectivity index (χ2v) is 5.64. The van der Waals surface area contributed by atoms with Crippen molar-refractivity contribution in [3.05, 3.63) is 72.1 Å². The molecule has 0 aliphatic rings. The monoisotopic (exact) mass is 373 g/mol. The second-order valence-electron chi connectivity index (χ2n) is 5.64. The van der Waals surface area contributed by atoms with E-state index in [-0.39, 0.29) is 18.2 Å². The maximum atomic E-state index is 12.3. The molecule has 3 rings (SSSR count). The summed E-state index contributed by atoms with van der Waals surface area (Å²) in [5.74, 6) is 0.308. The molecule has 0 saturated heterocycles. The van der Waals surface area contributed by atoms with Crippen LogP contribution in [0.3, 0.4) is 0 Å². The van der Waals surface area contributed by atoms with Crippen LogP contribution in [0.4, 0.5) is 14.5 Å². The van der Waals surface area contributed by atoms with Gasteiger partial charge in [-0.15, -0.1) is 0 Å². The molecule has 0 fully saturated rings. The molecule has 27 heavy (non-hydrogen) atoms. The zero-order valence-corrected chi connectivity index (χ0v) is 14.4. The van der Waals surface area contributed by atoms with Gasteiger partial charge in [-0.3, -0.25) is 4.79 Å². The first-order valence-electron chi connectivity index (χ1n) is 8.09.